The summed E-state index contributed by atoms with van der Waals surface area (Å²) >= 11 is 9.14. The molecular weight excluding hydrogens is 340 g/mol. The van der Waals surface area contributed by atoms with E-state index in [9.17, 15) is 8.42 Å². The van der Waals surface area contributed by atoms with Gasteiger partial charge in [0.25, 0.3) is 0 Å². The molecule has 0 aliphatic rings. The van der Waals surface area contributed by atoms with E-state index in [0.717, 1.165) is 5.33 Å². The Kier molecular flexibility index (Phi) is 5.60. The van der Waals surface area contributed by atoms with Crippen LogP contribution >= 0.6 is 27.5 Å². The van der Waals surface area contributed by atoms with Gasteiger partial charge >= 0.3 is 0 Å². The van der Waals surface area contributed by atoms with Crippen LogP contribution in [0.4, 0.5) is 0 Å². The topological polar surface area (TPSA) is 61.2 Å². The van der Waals surface area contributed by atoms with Gasteiger partial charge in [-0.2, -0.15) is 5.26 Å². The second kappa shape index (κ2) is 6.53. The van der Waals surface area contributed by atoms with Gasteiger partial charge in [-0.05, 0) is 24.6 Å². The molecule has 7 heteroatoms. The van der Waals surface area contributed by atoms with Crippen molar-refractivity contribution in [1.82, 2.24) is 4.31 Å². The molecule has 0 spiro atoms. The molecule has 98 valence electrons. The molecule has 0 aliphatic carbocycles. The molecule has 0 saturated carbocycles. The fourth-order valence-electron chi connectivity index (χ4n) is 1.34. The van der Waals surface area contributed by atoms with E-state index in [-0.39, 0.29) is 15.5 Å². The van der Waals surface area contributed by atoms with Crippen molar-refractivity contribution < 1.29 is 8.42 Å². The number of nitrogens with zero attached hydrogens (tertiary/aromatic N) is 2. The zero-order valence-corrected chi connectivity index (χ0v) is 12.9. The second-order valence-electron chi connectivity index (χ2n) is 3.63. The Morgan fingerprint density at radius 2 is 2.17 bits per heavy atom. The van der Waals surface area contributed by atoms with Gasteiger partial charge in [-0.3, -0.25) is 0 Å². The molecule has 0 amide bonds. The zero-order valence-electron chi connectivity index (χ0n) is 9.73. The largest absolute Gasteiger partial charge is 0.244 e. The third kappa shape index (κ3) is 3.45. The monoisotopic (exact) mass is 350 g/mol. The molecular formula is C11H12BrClN2O2S. The summed E-state index contributed by atoms with van der Waals surface area (Å²) in [5.41, 5.74) is 0.270. The Hall–Kier alpha value is -0.610. The first kappa shape index (κ1) is 15.4. The van der Waals surface area contributed by atoms with Crippen LogP contribution < -0.4 is 0 Å². The lowest BCUT2D eigenvalue weighted by Gasteiger charge is -2.17. The molecule has 0 unspecified atom stereocenters. The van der Waals surface area contributed by atoms with Crippen molar-refractivity contribution in [2.24, 2.45) is 0 Å². The van der Waals surface area contributed by atoms with E-state index in [2.05, 4.69) is 15.9 Å². The van der Waals surface area contributed by atoms with Gasteiger partial charge in [0.2, 0.25) is 10.0 Å². The van der Waals surface area contributed by atoms with Crippen LogP contribution in [0.25, 0.3) is 0 Å². The van der Waals surface area contributed by atoms with Crippen LogP contribution in [0.1, 0.15) is 12.0 Å². The minimum Gasteiger partial charge on any atom is -0.207 e. The normalized spacial score (nSPS) is 11.5. The number of halogens is 2. The van der Waals surface area contributed by atoms with E-state index in [4.69, 9.17) is 16.9 Å². The summed E-state index contributed by atoms with van der Waals surface area (Å²) < 4.78 is 25.7. The molecule has 1 rings (SSSR count). The van der Waals surface area contributed by atoms with Crippen molar-refractivity contribution in [2.45, 2.75) is 11.3 Å². The fraction of sp³-hybridized carbons (Fsp3) is 0.364. The molecule has 0 bridgehead atoms. The molecule has 0 radical (unpaired) electrons. The maximum absolute atomic E-state index is 12.2. The molecule has 0 N–H and O–H groups in total. The lowest BCUT2D eigenvalue weighted by atomic mass is 10.2. The van der Waals surface area contributed by atoms with Gasteiger partial charge in [0.15, 0.2) is 0 Å². The maximum atomic E-state index is 12.2. The van der Waals surface area contributed by atoms with E-state index >= 15 is 0 Å². The Morgan fingerprint density at radius 1 is 1.50 bits per heavy atom. The average Bonchev–Trinajstić information content (AvgIpc) is 2.36. The number of benzene rings is 1. The van der Waals surface area contributed by atoms with Gasteiger partial charge in [0.1, 0.15) is 4.90 Å². The van der Waals surface area contributed by atoms with E-state index in [1.165, 1.54) is 29.6 Å². The molecule has 4 nitrogen and oxygen atoms in total. The van der Waals surface area contributed by atoms with Crippen molar-refractivity contribution >= 4 is 37.6 Å². The molecule has 0 saturated heterocycles. The van der Waals surface area contributed by atoms with Crippen LogP contribution in [0.15, 0.2) is 23.1 Å². The zero-order chi connectivity index (χ0) is 13.8. The third-order valence-corrected chi connectivity index (χ3v) is 5.25. The molecule has 0 heterocycles. The molecule has 0 aromatic heterocycles. The first-order valence-electron chi connectivity index (χ1n) is 5.15. The molecule has 18 heavy (non-hydrogen) atoms. The number of sulfonamides is 1. The van der Waals surface area contributed by atoms with E-state index < -0.39 is 10.0 Å². The summed E-state index contributed by atoms with van der Waals surface area (Å²) in [5, 5.41) is 9.64. The van der Waals surface area contributed by atoms with Gasteiger partial charge in [-0.15, -0.1) is 0 Å². The minimum absolute atomic E-state index is 0.0275. The van der Waals surface area contributed by atoms with Crippen molar-refractivity contribution in [2.75, 3.05) is 18.9 Å². The highest BCUT2D eigenvalue weighted by atomic mass is 79.9. The molecule has 0 atom stereocenters. The van der Waals surface area contributed by atoms with Crippen LogP contribution in [0.3, 0.4) is 0 Å². The number of nitriles is 1. The fourth-order valence-corrected chi connectivity index (χ4v) is 3.30. The van der Waals surface area contributed by atoms with Gasteiger partial charge in [0.05, 0.1) is 16.7 Å². The van der Waals surface area contributed by atoms with Crippen molar-refractivity contribution in [1.29, 1.82) is 5.26 Å². The predicted octanol–water partition coefficient (Wildman–Crippen LogP) is 2.62. The third-order valence-electron chi connectivity index (χ3n) is 2.36. The lowest BCUT2D eigenvalue weighted by molar-refractivity contribution is 0.470. The summed E-state index contributed by atoms with van der Waals surface area (Å²) in [6, 6.07) is 6.10. The van der Waals surface area contributed by atoms with E-state index in [0.29, 0.717) is 13.0 Å². The summed E-state index contributed by atoms with van der Waals surface area (Å²) in [4.78, 5) is -0.0275. The number of alkyl halides is 1. The molecule has 1 aromatic rings. The molecule has 0 fully saturated rings. The standard InChI is InChI=1S/C11H12BrClN2O2S/c1-15(6-2-5-12)18(16,17)11-7-9(8-14)3-4-10(11)13/h3-4,7H,2,5-6H2,1H3. The Morgan fingerprint density at radius 3 is 2.72 bits per heavy atom. The highest BCUT2D eigenvalue weighted by molar-refractivity contribution is 9.09. The van der Waals surface area contributed by atoms with Crippen LogP contribution in [0.2, 0.25) is 5.02 Å². The van der Waals surface area contributed by atoms with E-state index in [1.54, 1.807) is 0 Å². The summed E-state index contributed by atoms with van der Waals surface area (Å²) in [7, 11) is -2.15. The van der Waals surface area contributed by atoms with Crippen molar-refractivity contribution in [3.05, 3.63) is 28.8 Å². The first-order valence-corrected chi connectivity index (χ1v) is 8.09. The maximum Gasteiger partial charge on any atom is 0.244 e. The van der Waals surface area contributed by atoms with Gasteiger partial charge < -0.3 is 0 Å². The molecule has 0 aliphatic heterocycles. The summed E-state index contributed by atoms with van der Waals surface area (Å²) in [6.45, 7) is 0.390. The number of rotatable bonds is 5. The van der Waals surface area contributed by atoms with Crippen molar-refractivity contribution in [3.63, 3.8) is 0 Å². The first-order chi connectivity index (χ1) is 8.43. The summed E-state index contributed by atoms with van der Waals surface area (Å²) in [5.74, 6) is 0. The van der Waals surface area contributed by atoms with Crippen LogP contribution in [-0.4, -0.2) is 31.6 Å². The Balaban J connectivity index is 3.16. The van der Waals surface area contributed by atoms with Crippen LogP contribution in [-0.2, 0) is 10.0 Å². The van der Waals surface area contributed by atoms with Gasteiger partial charge in [0, 0.05) is 18.9 Å². The average molecular weight is 352 g/mol. The number of hydrogen-bond donors (Lipinski definition) is 0. The van der Waals surface area contributed by atoms with Gasteiger partial charge in [-0.1, -0.05) is 27.5 Å². The quantitative estimate of drug-likeness (QED) is 0.766. The van der Waals surface area contributed by atoms with Gasteiger partial charge in [-0.25, -0.2) is 12.7 Å². The van der Waals surface area contributed by atoms with E-state index in [1.807, 2.05) is 6.07 Å². The molecule has 1 aromatic carbocycles. The SMILES string of the molecule is CN(CCCBr)S(=O)(=O)c1cc(C#N)ccc1Cl. The smallest absolute Gasteiger partial charge is 0.207 e. The van der Waals surface area contributed by atoms with Crippen LogP contribution in [0.5, 0.6) is 0 Å². The predicted molar refractivity (Wildman–Crippen MR) is 74.4 cm³/mol. The summed E-state index contributed by atoms with van der Waals surface area (Å²) in [6.07, 6.45) is 0.700. The Bertz CT molecular complexity index is 569. The Labute approximate surface area is 120 Å². The second-order valence-corrected chi connectivity index (χ2v) is 6.84. The number of hydrogen-bond acceptors (Lipinski definition) is 3. The lowest BCUT2D eigenvalue weighted by Crippen LogP contribution is -2.28. The minimum atomic E-state index is -3.65. The highest BCUT2D eigenvalue weighted by Crippen LogP contribution is 2.25. The van der Waals surface area contributed by atoms with Crippen molar-refractivity contribution in [3.8, 4) is 6.07 Å². The van der Waals surface area contributed by atoms with Crippen LogP contribution in [0, 0.1) is 11.3 Å². The highest BCUT2D eigenvalue weighted by Gasteiger charge is 2.23.